The normalized spacial score (nSPS) is 14.7. The molecule has 0 saturated carbocycles. The highest BCUT2D eigenvalue weighted by Gasteiger charge is 2.30. The number of nitrogens with two attached hydrogens (primary N) is 1. The molecule has 11 nitrogen and oxygen atoms in total. The first-order valence-electron chi connectivity index (χ1n) is 13.9. The van der Waals surface area contributed by atoms with Crippen LogP contribution in [0, 0.1) is 11.8 Å². The van der Waals surface area contributed by atoms with Gasteiger partial charge in [0.15, 0.2) is 11.5 Å². The van der Waals surface area contributed by atoms with Crippen LogP contribution in [0.15, 0.2) is 18.2 Å². The third-order valence-electron chi connectivity index (χ3n) is 6.52. The van der Waals surface area contributed by atoms with E-state index in [1.165, 1.54) is 18.2 Å². The van der Waals surface area contributed by atoms with Crippen molar-refractivity contribution in [3.05, 3.63) is 23.8 Å². The molecule has 1 aromatic carbocycles. The molecule has 0 fully saturated rings. The van der Waals surface area contributed by atoms with Gasteiger partial charge >= 0.3 is 24.2 Å². The maximum Gasteiger partial charge on any atom is 0.513 e. The molecule has 0 bridgehead atoms. The Balaban J connectivity index is 3.27. The van der Waals surface area contributed by atoms with Gasteiger partial charge in [-0.15, -0.1) is 0 Å². The lowest BCUT2D eigenvalue weighted by Crippen LogP contribution is -2.38. The number of hydrogen-bond donors (Lipinski definition) is 2. The minimum Gasteiger partial charge on any atom is -0.480 e. The van der Waals surface area contributed by atoms with Gasteiger partial charge in [-0.05, 0) is 49.3 Å². The maximum atomic E-state index is 12.4. The average molecular weight is 568 g/mol. The number of carboxylic acids is 1. The standard InChI is InChI=1S/C29H45NO10/c1-7-10-11-25(31)38-20(6)14-22(26(30)27(32)33)21-12-13-23(39-28(34)36-16-18(4)8-2)24(15-21)40-29(35)37-17-19(5)9-3/h12-13,15,18-20,22,26H,7-11,14,16-17,30H2,1-6H3,(H,32,33)/t18?,19?,20?,22?,26-/m0/s1. The molecular formula is C29H45NO10. The summed E-state index contributed by atoms with van der Waals surface area (Å²) in [5.74, 6) is -2.57. The van der Waals surface area contributed by atoms with Gasteiger partial charge in [-0.25, -0.2) is 9.59 Å². The maximum absolute atomic E-state index is 12.4. The Morgan fingerprint density at radius 1 is 0.875 bits per heavy atom. The Labute approximate surface area is 236 Å². The Morgan fingerprint density at radius 2 is 1.43 bits per heavy atom. The Hall–Kier alpha value is -3.34. The van der Waals surface area contributed by atoms with Crippen molar-refractivity contribution in [3.8, 4) is 11.5 Å². The fourth-order valence-electron chi connectivity index (χ4n) is 3.49. The van der Waals surface area contributed by atoms with E-state index < -0.39 is 36.3 Å². The van der Waals surface area contributed by atoms with E-state index in [4.69, 9.17) is 29.4 Å². The van der Waals surface area contributed by atoms with Crippen LogP contribution in [0.25, 0.3) is 0 Å². The molecule has 4 unspecified atom stereocenters. The summed E-state index contributed by atoms with van der Waals surface area (Å²) in [6.45, 7) is 11.6. The van der Waals surface area contributed by atoms with Crippen LogP contribution in [-0.4, -0.2) is 54.7 Å². The van der Waals surface area contributed by atoms with Crippen molar-refractivity contribution in [2.45, 2.75) is 98.1 Å². The van der Waals surface area contributed by atoms with E-state index in [1.54, 1.807) is 6.92 Å². The molecule has 3 N–H and O–H groups in total. The van der Waals surface area contributed by atoms with E-state index in [0.717, 1.165) is 19.3 Å². The van der Waals surface area contributed by atoms with Gasteiger partial charge in [0.2, 0.25) is 0 Å². The minimum absolute atomic E-state index is 0.0837. The quantitative estimate of drug-likeness (QED) is 0.133. The van der Waals surface area contributed by atoms with Gasteiger partial charge in [-0.2, -0.15) is 0 Å². The number of carbonyl (C=O) groups excluding carboxylic acids is 3. The lowest BCUT2D eigenvalue weighted by molar-refractivity contribution is -0.149. The van der Waals surface area contributed by atoms with E-state index in [-0.39, 0.29) is 55.4 Å². The van der Waals surface area contributed by atoms with E-state index in [0.29, 0.717) is 12.0 Å². The smallest absolute Gasteiger partial charge is 0.480 e. The van der Waals surface area contributed by atoms with Crippen molar-refractivity contribution >= 4 is 24.2 Å². The second kappa shape index (κ2) is 18.1. The topological polar surface area (TPSA) is 161 Å². The molecule has 0 saturated heterocycles. The first-order valence-corrected chi connectivity index (χ1v) is 13.9. The number of benzene rings is 1. The zero-order valence-electron chi connectivity index (χ0n) is 24.5. The zero-order chi connectivity index (χ0) is 30.2. The van der Waals surface area contributed by atoms with Crippen LogP contribution >= 0.6 is 0 Å². The zero-order valence-corrected chi connectivity index (χ0v) is 24.5. The fourth-order valence-corrected chi connectivity index (χ4v) is 3.49. The lowest BCUT2D eigenvalue weighted by Gasteiger charge is -2.25. The van der Waals surface area contributed by atoms with Crippen LogP contribution in [-0.2, 0) is 23.8 Å². The second-order valence-corrected chi connectivity index (χ2v) is 10.2. The number of unbranched alkanes of at least 4 members (excludes halogenated alkanes) is 1. The molecule has 0 aromatic heterocycles. The summed E-state index contributed by atoms with van der Waals surface area (Å²) in [4.78, 5) is 48.7. The number of aliphatic carboxylic acids is 1. The molecule has 0 aliphatic carbocycles. The second-order valence-electron chi connectivity index (χ2n) is 10.2. The number of esters is 1. The van der Waals surface area contributed by atoms with Gasteiger partial charge in [0.25, 0.3) is 0 Å². The molecule has 1 aromatic rings. The lowest BCUT2D eigenvalue weighted by atomic mass is 9.87. The summed E-state index contributed by atoms with van der Waals surface area (Å²) in [5, 5.41) is 9.66. The van der Waals surface area contributed by atoms with Crippen LogP contribution in [0.2, 0.25) is 0 Å². The molecule has 5 atom stereocenters. The van der Waals surface area contributed by atoms with Crippen molar-refractivity contribution < 1.29 is 48.0 Å². The van der Waals surface area contributed by atoms with Gasteiger partial charge in [-0.1, -0.05) is 59.9 Å². The molecular weight excluding hydrogens is 522 g/mol. The number of carboxylic acid groups (broad SMARTS) is 1. The molecule has 11 heteroatoms. The van der Waals surface area contributed by atoms with E-state index in [9.17, 15) is 24.3 Å². The third kappa shape index (κ3) is 12.7. The average Bonchev–Trinajstić information content (AvgIpc) is 2.92. The largest absolute Gasteiger partial charge is 0.513 e. The van der Waals surface area contributed by atoms with E-state index in [2.05, 4.69) is 0 Å². The van der Waals surface area contributed by atoms with Crippen molar-refractivity contribution in [2.75, 3.05) is 13.2 Å². The summed E-state index contributed by atoms with van der Waals surface area (Å²) in [7, 11) is 0. The van der Waals surface area contributed by atoms with Crippen LogP contribution in [0.4, 0.5) is 9.59 Å². The summed E-state index contributed by atoms with van der Waals surface area (Å²) in [6, 6.07) is 2.86. The van der Waals surface area contributed by atoms with Crippen LogP contribution < -0.4 is 15.2 Å². The highest BCUT2D eigenvalue weighted by Crippen LogP contribution is 2.35. The summed E-state index contributed by atoms with van der Waals surface area (Å²) in [6.07, 6.45) is 0.787. The highest BCUT2D eigenvalue weighted by molar-refractivity contribution is 5.75. The van der Waals surface area contributed by atoms with Gasteiger partial charge in [0.1, 0.15) is 6.04 Å². The number of hydrogen-bond acceptors (Lipinski definition) is 10. The van der Waals surface area contributed by atoms with Crippen molar-refractivity contribution in [3.63, 3.8) is 0 Å². The van der Waals surface area contributed by atoms with E-state index >= 15 is 0 Å². The van der Waals surface area contributed by atoms with Crippen LogP contribution in [0.1, 0.15) is 91.5 Å². The fraction of sp³-hybridized carbons (Fsp3) is 0.655. The molecule has 0 spiro atoms. The van der Waals surface area contributed by atoms with Gasteiger partial charge < -0.3 is 34.5 Å². The van der Waals surface area contributed by atoms with Crippen molar-refractivity contribution in [1.82, 2.24) is 0 Å². The Kier molecular flexibility index (Phi) is 15.7. The number of ether oxygens (including phenoxy) is 5. The van der Waals surface area contributed by atoms with Gasteiger partial charge in [0.05, 0.1) is 19.3 Å². The van der Waals surface area contributed by atoms with Crippen LogP contribution in [0.3, 0.4) is 0 Å². The summed E-state index contributed by atoms with van der Waals surface area (Å²) >= 11 is 0. The van der Waals surface area contributed by atoms with Crippen molar-refractivity contribution in [2.24, 2.45) is 17.6 Å². The Morgan fingerprint density at radius 3 is 1.93 bits per heavy atom. The van der Waals surface area contributed by atoms with Crippen molar-refractivity contribution in [1.29, 1.82) is 0 Å². The van der Waals surface area contributed by atoms with E-state index in [1.807, 2.05) is 34.6 Å². The molecule has 1 rings (SSSR count). The monoisotopic (exact) mass is 567 g/mol. The first-order chi connectivity index (χ1) is 18.9. The molecule has 0 aliphatic rings. The van der Waals surface area contributed by atoms with Gasteiger partial charge in [-0.3, -0.25) is 9.59 Å². The molecule has 226 valence electrons. The third-order valence-corrected chi connectivity index (χ3v) is 6.52. The molecule has 0 aliphatic heterocycles. The van der Waals surface area contributed by atoms with Crippen LogP contribution in [0.5, 0.6) is 11.5 Å². The minimum atomic E-state index is -1.37. The molecule has 0 radical (unpaired) electrons. The Bertz CT molecular complexity index is 966. The summed E-state index contributed by atoms with van der Waals surface area (Å²) < 4.78 is 26.4. The number of rotatable bonds is 17. The molecule has 0 heterocycles. The number of carbonyl (C=O) groups is 4. The predicted molar refractivity (Wildman–Crippen MR) is 147 cm³/mol. The molecule has 0 amide bonds. The van der Waals surface area contributed by atoms with Gasteiger partial charge in [0, 0.05) is 12.3 Å². The molecule has 40 heavy (non-hydrogen) atoms. The highest BCUT2D eigenvalue weighted by atomic mass is 16.7. The SMILES string of the molecule is CCCCC(=O)OC(C)CC(c1ccc(OC(=O)OCC(C)CC)c(OC(=O)OCC(C)CC)c1)[C@H](N)C(=O)O. The summed E-state index contributed by atoms with van der Waals surface area (Å²) in [5.41, 5.74) is 6.39. The first kappa shape index (κ1) is 34.7. The predicted octanol–water partition coefficient (Wildman–Crippen LogP) is 5.82.